The summed E-state index contributed by atoms with van der Waals surface area (Å²) in [6.07, 6.45) is 4.09. The minimum atomic E-state index is 0.0263. The second-order valence-electron chi connectivity index (χ2n) is 4.52. The Balaban J connectivity index is 2.08. The van der Waals surface area contributed by atoms with Gasteiger partial charge in [-0.1, -0.05) is 28.1 Å². The Bertz CT molecular complexity index is 332. The Kier molecular flexibility index (Phi) is 4.00. The summed E-state index contributed by atoms with van der Waals surface area (Å²) in [5.74, 6) is 0. The van der Waals surface area contributed by atoms with Gasteiger partial charge in [-0.3, -0.25) is 0 Å². The highest BCUT2D eigenvalue weighted by atomic mass is 79.9. The molecule has 2 N–H and O–H groups in total. The first-order valence-corrected chi connectivity index (χ1v) is 6.62. The smallest absolute Gasteiger partial charge is 0.0976 e. The Morgan fingerprint density at radius 3 is 2.38 bits per heavy atom. The second kappa shape index (κ2) is 5.30. The van der Waals surface area contributed by atoms with Crippen molar-refractivity contribution < 1.29 is 4.74 Å². The average Bonchev–Trinajstić information content (AvgIpc) is 2.18. The highest BCUT2D eigenvalue weighted by molar-refractivity contribution is 9.10. The summed E-state index contributed by atoms with van der Waals surface area (Å²) in [5, 5.41) is 0. The van der Waals surface area contributed by atoms with Crippen molar-refractivity contribution in [3.05, 3.63) is 34.3 Å². The molecule has 2 unspecified atom stereocenters. The summed E-state index contributed by atoms with van der Waals surface area (Å²) in [4.78, 5) is 0. The van der Waals surface area contributed by atoms with Gasteiger partial charge in [-0.2, -0.15) is 0 Å². The maximum Gasteiger partial charge on any atom is 0.0976 e. The molecule has 0 aliphatic heterocycles. The molecule has 1 saturated carbocycles. The first-order valence-electron chi connectivity index (χ1n) is 5.83. The lowest BCUT2D eigenvalue weighted by atomic mass is 9.95. The number of ether oxygens (including phenoxy) is 1. The van der Waals surface area contributed by atoms with Crippen LogP contribution < -0.4 is 5.73 Å². The van der Waals surface area contributed by atoms with Crippen molar-refractivity contribution in [2.45, 2.75) is 44.4 Å². The van der Waals surface area contributed by atoms with Crippen molar-refractivity contribution in [1.82, 2.24) is 0 Å². The fraction of sp³-hybridized carbons (Fsp3) is 0.538. The van der Waals surface area contributed by atoms with E-state index in [4.69, 9.17) is 10.5 Å². The van der Waals surface area contributed by atoms with Gasteiger partial charge in [0, 0.05) is 10.5 Å². The topological polar surface area (TPSA) is 35.2 Å². The molecule has 2 nitrogen and oxygen atoms in total. The van der Waals surface area contributed by atoms with Gasteiger partial charge >= 0.3 is 0 Å². The SMILES string of the molecule is CC(N)C(OC1CCC1)c1ccc(Br)cc1. The van der Waals surface area contributed by atoms with Gasteiger partial charge in [-0.25, -0.2) is 0 Å². The van der Waals surface area contributed by atoms with E-state index >= 15 is 0 Å². The molecule has 1 aromatic carbocycles. The van der Waals surface area contributed by atoms with Gasteiger partial charge in [0.25, 0.3) is 0 Å². The summed E-state index contributed by atoms with van der Waals surface area (Å²) in [6.45, 7) is 2.01. The highest BCUT2D eigenvalue weighted by Crippen LogP contribution is 2.30. The van der Waals surface area contributed by atoms with Crippen LogP contribution in [0.25, 0.3) is 0 Å². The summed E-state index contributed by atoms with van der Waals surface area (Å²) in [7, 11) is 0. The van der Waals surface area contributed by atoms with Crippen LogP contribution in [0.1, 0.15) is 37.9 Å². The van der Waals surface area contributed by atoms with Crippen molar-refractivity contribution in [3.63, 3.8) is 0 Å². The summed E-state index contributed by atoms with van der Waals surface area (Å²) in [6, 6.07) is 8.26. The molecular formula is C13H18BrNO. The molecular weight excluding hydrogens is 266 g/mol. The number of rotatable bonds is 4. The van der Waals surface area contributed by atoms with Crippen LogP contribution >= 0.6 is 15.9 Å². The molecule has 0 bridgehead atoms. The summed E-state index contributed by atoms with van der Waals surface area (Å²) < 4.78 is 7.12. The molecule has 1 fully saturated rings. The lowest BCUT2D eigenvalue weighted by Gasteiger charge is -2.32. The first-order chi connectivity index (χ1) is 7.66. The number of nitrogens with two attached hydrogens (primary N) is 1. The van der Waals surface area contributed by atoms with Crippen molar-refractivity contribution in [2.24, 2.45) is 5.73 Å². The highest BCUT2D eigenvalue weighted by Gasteiger charge is 2.25. The normalized spacial score (nSPS) is 20.2. The van der Waals surface area contributed by atoms with E-state index in [9.17, 15) is 0 Å². The van der Waals surface area contributed by atoms with Crippen LogP contribution in [0, 0.1) is 0 Å². The zero-order valence-corrected chi connectivity index (χ0v) is 11.1. The van der Waals surface area contributed by atoms with Gasteiger partial charge < -0.3 is 10.5 Å². The fourth-order valence-corrected chi connectivity index (χ4v) is 2.14. The van der Waals surface area contributed by atoms with E-state index in [2.05, 4.69) is 28.1 Å². The molecule has 88 valence electrons. The van der Waals surface area contributed by atoms with Crippen LogP contribution in [-0.2, 0) is 4.74 Å². The van der Waals surface area contributed by atoms with Crippen LogP contribution in [0.2, 0.25) is 0 Å². The Labute approximate surface area is 105 Å². The van der Waals surface area contributed by atoms with Gasteiger partial charge in [0.1, 0.15) is 0 Å². The first kappa shape index (κ1) is 12.1. The van der Waals surface area contributed by atoms with Crippen molar-refractivity contribution in [1.29, 1.82) is 0 Å². The lowest BCUT2D eigenvalue weighted by molar-refractivity contribution is -0.0611. The van der Waals surface area contributed by atoms with Crippen LogP contribution in [0.15, 0.2) is 28.7 Å². The monoisotopic (exact) mass is 283 g/mol. The van der Waals surface area contributed by atoms with E-state index in [0.717, 1.165) is 4.47 Å². The molecule has 1 aromatic rings. The van der Waals surface area contributed by atoms with E-state index in [1.54, 1.807) is 0 Å². The zero-order valence-electron chi connectivity index (χ0n) is 9.53. The van der Waals surface area contributed by atoms with Crippen LogP contribution in [0.3, 0.4) is 0 Å². The lowest BCUT2D eigenvalue weighted by Crippen LogP contribution is -2.33. The third kappa shape index (κ3) is 2.84. The van der Waals surface area contributed by atoms with E-state index in [1.807, 2.05) is 19.1 Å². The van der Waals surface area contributed by atoms with E-state index in [0.29, 0.717) is 6.10 Å². The molecule has 16 heavy (non-hydrogen) atoms. The predicted molar refractivity (Wildman–Crippen MR) is 69.3 cm³/mol. The number of halogens is 1. The third-order valence-electron chi connectivity index (χ3n) is 3.07. The summed E-state index contributed by atoms with van der Waals surface area (Å²) in [5.41, 5.74) is 7.17. The molecule has 2 atom stereocenters. The van der Waals surface area contributed by atoms with Gasteiger partial charge in [-0.05, 0) is 43.9 Å². The van der Waals surface area contributed by atoms with Crippen molar-refractivity contribution in [2.75, 3.05) is 0 Å². The molecule has 0 aromatic heterocycles. The van der Waals surface area contributed by atoms with Gasteiger partial charge in [0.05, 0.1) is 12.2 Å². The van der Waals surface area contributed by atoms with E-state index < -0.39 is 0 Å². The Hall–Kier alpha value is -0.380. The molecule has 2 rings (SSSR count). The minimum absolute atomic E-state index is 0.0263. The quantitative estimate of drug-likeness (QED) is 0.919. The van der Waals surface area contributed by atoms with Crippen LogP contribution in [0.4, 0.5) is 0 Å². The van der Waals surface area contributed by atoms with Gasteiger partial charge in [-0.15, -0.1) is 0 Å². The standard InChI is InChI=1S/C13H18BrNO/c1-9(15)13(16-12-3-2-4-12)10-5-7-11(14)8-6-10/h5-9,12-13H,2-4,15H2,1H3. The third-order valence-corrected chi connectivity index (χ3v) is 3.60. The number of hydrogen-bond donors (Lipinski definition) is 1. The number of hydrogen-bond acceptors (Lipinski definition) is 2. The molecule has 1 aliphatic carbocycles. The average molecular weight is 284 g/mol. The molecule has 0 heterocycles. The van der Waals surface area contributed by atoms with E-state index in [-0.39, 0.29) is 12.1 Å². The van der Waals surface area contributed by atoms with Gasteiger partial charge in [0.2, 0.25) is 0 Å². The van der Waals surface area contributed by atoms with Crippen LogP contribution in [0.5, 0.6) is 0 Å². The Morgan fingerprint density at radius 1 is 1.31 bits per heavy atom. The van der Waals surface area contributed by atoms with Crippen molar-refractivity contribution in [3.8, 4) is 0 Å². The summed E-state index contributed by atoms with van der Waals surface area (Å²) >= 11 is 3.44. The second-order valence-corrected chi connectivity index (χ2v) is 5.44. The molecule has 0 amide bonds. The van der Waals surface area contributed by atoms with Crippen molar-refractivity contribution >= 4 is 15.9 Å². The maximum absolute atomic E-state index is 6.03. The molecule has 0 radical (unpaired) electrons. The predicted octanol–water partition coefficient (Wildman–Crippen LogP) is 3.41. The van der Waals surface area contributed by atoms with E-state index in [1.165, 1.54) is 24.8 Å². The molecule has 0 spiro atoms. The van der Waals surface area contributed by atoms with Crippen LogP contribution in [-0.4, -0.2) is 12.1 Å². The van der Waals surface area contributed by atoms with Gasteiger partial charge in [0.15, 0.2) is 0 Å². The maximum atomic E-state index is 6.03. The minimum Gasteiger partial charge on any atom is -0.369 e. The Morgan fingerprint density at radius 2 is 1.94 bits per heavy atom. The fourth-order valence-electron chi connectivity index (χ4n) is 1.87. The zero-order chi connectivity index (χ0) is 11.5. The molecule has 3 heteroatoms. The number of benzene rings is 1. The largest absolute Gasteiger partial charge is 0.369 e. The molecule has 0 saturated heterocycles. The molecule has 1 aliphatic rings.